The topological polar surface area (TPSA) is 104 Å². The lowest BCUT2D eigenvalue weighted by Crippen LogP contribution is -2.24. The van der Waals surface area contributed by atoms with Crippen LogP contribution in [-0.4, -0.2) is 46.3 Å². The van der Waals surface area contributed by atoms with Gasteiger partial charge >= 0.3 is 5.69 Å². The van der Waals surface area contributed by atoms with Gasteiger partial charge in [-0.05, 0) is 46.1 Å². The molecule has 0 aliphatic heterocycles. The number of hydrogen-bond donors (Lipinski definition) is 2. The highest BCUT2D eigenvalue weighted by atomic mass is 19.1. The SMILES string of the molecule is CC(C)n1c(-c2cc(-c3ccc(COCCN(C)C)nc3)c(F)cc2N)c(N)n(C)c1=O. The van der Waals surface area contributed by atoms with E-state index in [1.165, 1.54) is 10.6 Å². The summed E-state index contributed by atoms with van der Waals surface area (Å²) < 4.78 is 23.4. The Kier molecular flexibility index (Phi) is 7.00. The van der Waals surface area contributed by atoms with Crippen molar-refractivity contribution < 1.29 is 9.13 Å². The van der Waals surface area contributed by atoms with Gasteiger partial charge in [0.2, 0.25) is 0 Å². The van der Waals surface area contributed by atoms with Crippen molar-refractivity contribution in [3.63, 3.8) is 0 Å². The Morgan fingerprint density at radius 2 is 1.91 bits per heavy atom. The van der Waals surface area contributed by atoms with Gasteiger partial charge in [0.15, 0.2) is 0 Å². The minimum atomic E-state index is -0.476. The second-order valence-electron chi connectivity index (χ2n) is 8.35. The first-order valence-electron chi connectivity index (χ1n) is 10.5. The first-order chi connectivity index (χ1) is 15.1. The molecule has 0 aliphatic carbocycles. The van der Waals surface area contributed by atoms with Crippen LogP contribution < -0.4 is 17.2 Å². The van der Waals surface area contributed by atoms with Crippen LogP contribution in [0, 0.1) is 5.82 Å². The van der Waals surface area contributed by atoms with Gasteiger partial charge in [-0.3, -0.25) is 14.1 Å². The molecule has 0 radical (unpaired) electrons. The van der Waals surface area contributed by atoms with Gasteiger partial charge in [-0.15, -0.1) is 0 Å². The molecule has 0 bridgehead atoms. The molecule has 0 unspecified atom stereocenters. The molecule has 1 aromatic carbocycles. The van der Waals surface area contributed by atoms with E-state index >= 15 is 0 Å². The Labute approximate surface area is 187 Å². The molecule has 0 aliphatic rings. The van der Waals surface area contributed by atoms with E-state index in [2.05, 4.69) is 4.98 Å². The Hall–Kier alpha value is -3.17. The first-order valence-corrected chi connectivity index (χ1v) is 10.5. The predicted molar refractivity (Wildman–Crippen MR) is 126 cm³/mol. The van der Waals surface area contributed by atoms with Crippen LogP contribution in [0.5, 0.6) is 0 Å². The second kappa shape index (κ2) is 9.54. The number of anilines is 2. The van der Waals surface area contributed by atoms with Gasteiger partial charge < -0.3 is 21.1 Å². The molecular weight excluding hydrogens is 411 g/mol. The smallest absolute Gasteiger partial charge is 0.330 e. The zero-order valence-corrected chi connectivity index (χ0v) is 19.2. The quantitative estimate of drug-likeness (QED) is 0.411. The van der Waals surface area contributed by atoms with Crippen LogP contribution in [0.15, 0.2) is 35.3 Å². The number of hydrogen-bond acceptors (Lipinski definition) is 6. The second-order valence-corrected chi connectivity index (χ2v) is 8.35. The van der Waals surface area contributed by atoms with Crippen molar-refractivity contribution in [3.8, 4) is 22.4 Å². The summed E-state index contributed by atoms with van der Waals surface area (Å²) in [5.41, 5.74) is 15.0. The Morgan fingerprint density at radius 1 is 1.19 bits per heavy atom. The van der Waals surface area contributed by atoms with E-state index in [1.54, 1.807) is 36.0 Å². The zero-order valence-electron chi connectivity index (χ0n) is 19.2. The molecule has 3 aromatic rings. The number of ether oxygens (including phenoxy) is 1. The van der Waals surface area contributed by atoms with Crippen molar-refractivity contribution in [2.75, 3.05) is 38.7 Å². The van der Waals surface area contributed by atoms with Crippen molar-refractivity contribution in [1.82, 2.24) is 19.0 Å². The molecule has 4 N–H and O–H groups in total. The fourth-order valence-corrected chi connectivity index (χ4v) is 3.50. The summed E-state index contributed by atoms with van der Waals surface area (Å²) in [6.45, 7) is 5.57. The lowest BCUT2D eigenvalue weighted by molar-refractivity contribution is 0.103. The third kappa shape index (κ3) is 4.68. The van der Waals surface area contributed by atoms with Crippen LogP contribution in [0.3, 0.4) is 0 Å². The number of rotatable bonds is 8. The highest BCUT2D eigenvalue weighted by Crippen LogP contribution is 2.36. The van der Waals surface area contributed by atoms with Crippen LogP contribution >= 0.6 is 0 Å². The number of nitrogen functional groups attached to an aromatic ring is 2. The summed E-state index contributed by atoms with van der Waals surface area (Å²) in [5.74, 6) is -0.202. The van der Waals surface area contributed by atoms with E-state index in [-0.39, 0.29) is 23.2 Å². The van der Waals surface area contributed by atoms with E-state index in [0.29, 0.717) is 35.6 Å². The number of likely N-dealkylation sites (N-methyl/N-ethyl adjacent to an activating group) is 1. The van der Waals surface area contributed by atoms with Crippen molar-refractivity contribution in [2.45, 2.75) is 26.5 Å². The highest BCUT2D eigenvalue weighted by molar-refractivity contribution is 5.85. The van der Waals surface area contributed by atoms with Crippen molar-refractivity contribution >= 4 is 11.5 Å². The van der Waals surface area contributed by atoms with E-state index in [0.717, 1.165) is 12.2 Å². The van der Waals surface area contributed by atoms with Gasteiger partial charge in [0.1, 0.15) is 11.6 Å². The van der Waals surface area contributed by atoms with E-state index in [1.807, 2.05) is 32.8 Å². The molecule has 3 rings (SSSR count). The number of halogens is 1. The predicted octanol–water partition coefficient (Wildman–Crippen LogP) is 2.88. The van der Waals surface area contributed by atoms with Gasteiger partial charge in [0.25, 0.3) is 0 Å². The van der Waals surface area contributed by atoms with Crippen LogP contribution in [-0.2, 0) is 18.4 Å². The largest absolute Gasteiger partial charge is 0.398 e. The maximum Gasteiger partial charge on any atom is 0.330 e. The molecule has 0 saturated heterocycles. The molecule has 0 fully saturated rings. The summed E-state index contributed by atoms with van der Waals surface area (Å²) in [7, 11) is 5.56. The summed E-state index contributed by atoms with van der Waals surface area (Å²) >= 11 is 0. The lowest BCUT2D eigenvalue weighted by atomic mass is 10.00. The number of pyridine rings is 1. The molecule has 0 atom stereocenters. The van der Waals surface area contributed by atoms with E-state index in [4.69, 9.17) is 16.2 Å². The molecule has 0 amide bonds. The fourth-order valence-electron chi connectivity index (χ4n) is 3.50. The fraction of sp³-hybridized carbons (Fsp3) is 0.391. The monoisotopic (exact) mass is 442 g/mol. The van der Waals surface area contributed by atoms with Gasteiger partial charge in [-0.1, -0.05) is 6.07 Å². The van der Waals surface area contributed by atoms with Crippen LogP contribution in [0.4, 0.5) is 15.9 Å². The molecule has 0 spiro atoms. The number of nitrogens with zero attached hydrogens (tertiary/aromatic N) is 4. The molecule has 172 valence electrons. The average molecular weight is 443 g/mol. The van der Waals surface area contributed by atoms with Gasteiger partial charge in [-0.2, -0.15) is 0 Å². The Morgan fingerprint density at radius 3 is 2.50 bits per heavy atom. The normalized spacial score (nSPS) is 11.6. The molecule has 2 aromatic heterocycles. The highest BCUT2D eigenvalue weighted by Gasteiger charge is 2.22. The molecular formula is C23H31FN6O2. The Balaban J connectivity index is 1.97. The van der Waals surface area contributed by atoms with Crippen molar-refractivity contribution in [1.29, 1.82) is 0 Å². The summed E-state index contributed by atoms with van der Waals surface area (Å²) in [4.78, 5) is 19.1. The maximum absolute atomic E-state index is 14.9. The van der Waals surface area contributed by atoms with E-state index in [9.17, 15) is 9.18 Å². The van der Waals surface area contributed by atoms with Crippen molar-refractivity contribution in [2.24, 2.45) is 7.05 Å². The van der Waals surface area contributed by atoms with Gasteiger partial charge in [0.05, 0.1) is 24.6 Å². The molecule has 9 heteroatoms. The zero-order chi connectivity index (χ0) is 23.6. The minimum absolute atomic E-state index is 0.151. The third-order valence-corrected chi connectivity index (χ3v) is 5.32. The molecule has 0 saturated carbocycles. The minimum Gasteiger partial charge on any atom is -0.398 e. The molecule has 32 heavy (non-hydrogen) atoms. The molecule has 8 nitrogen and oxygen atoms in total. The number of benzene rings is 1. The summed E-state index contributed by atoms with van der Waals surface area (Å²) in [6, 6.07) is 6.33. The maximum atomic E-state index is 14.9. The lowest BCUT2D eigenvalue weighted by Gasteiger charge is -2.15. The number of nitrogens with two attached hydrogens (primary N) is 2. The Bertz CT molecular complexity index is 1150. The number of aromatic nitrogens is 3. The summed E-state index contributed by atoms with van der Waals surface area (Å²) in [5, 5.41) is 0. The van der Waals surface area contributed by atoms with Crippen molar-refractivity contribution in [3.05, 3.63) is 52.5 Å². The van der Waals surface area contributed by atoms with Gasteiger partial charge in [0, 0.05) is 48.2 Å². The number of imidazole rings is 1. The third-order valence-electron chi connectivity index (χ3n) is 5.32. The average Bonchev–Trinajstić information content (AvgIpc) is 2.96. The molecule has 2 heterocycles. The standard InChI is InChI=1S/C23H31FN6O2/c1-14(2)30-21(22(26)29(5)23(30)31)18-10-17(19(24)11-20(18)25)15-6-7-16(27-12-15)13-32-9-8-28(3)4/h6-7,10-12,14H,8-9,13,25-26H2,1-5H3. The van der Waals surface area contributed by atoms with Crippen LogP contribution in [0.25, 0.3) is 22.4 Å². The van der Waals surface area contributed by atoms with Crippen LogP contribution in [0.2, 0.25) is 0 Å². The summed E-state index contributed by atoms with van der Waals surface area (Å²) in [6.07, 6.45) is 1.60. The van der Waals surface area contributed by atoms with Crippen LogP contribution in [0.1, 0.15) is 25.6 Å². The van der Waals surface area contributed by atoms with E-state index < -0.39 is 5.82 Å². The van der Waals surface area contributed by atoms with Gasteiger partial charge in [-0.25, -0.2) is 9.18 Å². The first kappa shape index (κ1) is 23.5.